The maximum absolute atomic E-state index is 9.40. The number of hydrogen-bond acceptors (Lipinski definition) is 2. The molecule has 0 unspecified atom stereocenters. The van der Waals surface area contributed by atoms with Crippen LogP contribution in [0, 0.1) is 5.92 Å². The van der Waals surface area contributed by atoms with E-state index >= 15 is 0 Å². The number of aliphatic hydroxyl groups is 1. The van der Waals surface area contributed by atoms with E-state index in [4.69, 9.17) is 0 Å². The first-order chi connectivity index (χ1) is 5.45. The summed E-state index contributed by atoms with van der Waals surface area (Å²) in [5.41, 5.74) is -0.577. The van der Waals surface area contributed by atoms with Gasteiger partial charge in [0.1, 0.15) is 0 Å². The van der Waals surface area contributed by atoms with Crippen LogP contribution in [-0.2, 0) is 0 Å². The summed E-state index contributed by atoms with van der Waals surface area (Å²) in [5, 5.41) is 12.7. The number of hydrogen-bond donors (Lipinski definition) is 2. The molecular weight excluding hydrogens is 150 g/mol. The van der Waals surface area contributed by atoms with E-state index in [1.807, 2.05) is 13.8 Å². The fourth-order valence-corrected chi connectivity index (χ4v) is 1.22. The molecule has 0 aliphatic heterocycles. The van der Waals surface area contributed by atoms with Crippen LogP contribution in [0.5, 0.6) is 0 Å². The van der Waals surface area contributed by atoms with Gasteiger partial charge in [-0.3, -0.25) is 0 Å². The number of rotatable bonds is 6. The molecule has 0 aliphatic rings. The van der Waals surface area contributed by atoms with Crippen LogP contribution in [0.1, 0.15) is 40.5 Å². The molecule has 0 fully saturated rings. The van der Waals surface area contributed by atoms with Crippen molar-refractivity contribution < 1.29 is 5.11 Å². The van der Waals surface area contributed by atoms with Crippen molar-refractivity contribution in [2.45, 2.75) is 46.1 Å². The maximum Gasteiger partial charge on any atom is 0.0715 e. The van der Waals surface area contributed by atoms with Crippen LogP contribution in [-0.4, -0.2) is 23.8 Å². The summed E-state index contributed by atoms with van der Waals surface area (Å²) in [4.78, 5) is 0. The van der Waals surface area contributed by atoms with E-state index in [1.54, 1.807) is 0 Å². The lowest BCUT2D eigenvalue weighted by Crippen LogP contribution is -2.36. The Morgan fingerprint density at radius 1 is 1.42 bits per heavy atom. The average Bonchev–Trinajstić information content (AvgIpc) is 1.84. The molecule has 0 aromatic heterocycles. The zero-order chi connectivity index (χ0) is 9.61. The van der Waals surface area contributed by atoms with Gasteiger partial charge in [0.15, 0.2) is 0 Å². The fraction of sp³-hybridized carbons (Fsp3) is 1.00. The third-order valence-electron chi connectivity index (χ3n) is 1.83. The van der Waals surface area contributed by atoms with E-state index in [-0.39, 0.29) is 0 Å². The Balaban J connectivity index is 3.31. The lowest BCUT2D eigenvalue weighted by atomic mass is 10.1. The van der Waals surface area contributed by atoms with Crippen molar-refractivity contribution in [2.24, 2.45) is 5.92 Å². The molecule has 2 N–H and O–H groups in total. The Labute approximate surface area is 76.4 Å². The molecule has 74 valence electrons. The first-order valence-corrected chi connectivity index (χ1v) is 4.89. The molecule has 0 saturated carbocycles. The molecule has 2 heteroatoms. The summed E-state index contributed by atoms with van der Waals surface area (Å²) in [7, 11) is 0. The fourth-order valence-electron chi connectivity index (χ4n) is 1.22. The molecular formula is C10H23NO. The summed E-state index contributed by atoms with van der Waals surface area (Å²) in [6, 6.07) is 0. The van der Waals surface area contributed by atoms with Gasteiger partial charge in [-0.2, -0.15) is 0 Å². The highest BCUT2D eigenvalue weighted by Gasteiger charge is 2.11. The van der Waals surface area contributed by atoms with Crippen molar-refractivity contribution >= 4 is 0 Å². The minimum atomic E-state index is -0.577. The minimum absolute atomic E-state index is 0.577. The SMILES string of the molecule is CCC[C@@H](C)CNCC(C)(C)O. The molecule has 0 heterocycles. The highest BCUT2D eigenvalue weighted by Crippen LogP contribution is 2.03. The van der Waals surface area contributed by atoms with Crippen LogP contribution in [0.2, 0.25) is 0 Å². The van der Waals surface area contributed by atoms with Crippen molar-refractivity contribution in [3.63, 3.8) is 0 Å². The van der Waals surface area contributed by atoms with Gasteiger partial charge >= 0.3 is 0 Å². The average molecular weight is 173 g/mol. The number of nitrogens with one attached hydrogen (secondary N) is 1. The van der Waals surface area contributed by atoms with E-state index in [9.17, 15) is 5.11 Å². The van der Waals surface area contributed by atoms with Crippen molar-refractivity contribution in [3.8, 4) is 0 Å². The Morgan fingerprint density at radius 2 is 2.00 bits per heavy atom. The molecule has 0 bridgehead atoms. The molecule has 0 amide bonds. The van der Waals surface area contributed by atoms with Gasteiger partial charge in [0.05, 0.1) is 5.60 Å². The van der Waals surface area contributed by atoms with Gasteiger partial charge in [-0.25, -0.2) is 0 Å². The Hall–Kier alpha value is -0.0800. The van der Waals surface area contributed by atoms with Crippen LogP contribution >= 0.6 is 0 Å². The van der Waals surface area contributed by atoms with Gasteiger partial charge in [-0.1, -0.05) is 20.3 Å². The van der Waals surface area contributed by atoms with E-state index in [2.05, 4.69) is 19.2 Å². The van der Waals surface area contributed by atoms with Gasteiger partial charge in [-0.15, -0.1) is 0 Å². The van der Waals surface area contributed by atoms with Crippen molar-refractivity contribution in [1.82, 2.24) is 5.32 Å². The smallest absolute Gasteiger partial charge is 0.0715 e. The molecule has 0 radical (unpaired) electrons. The molecule has 0 aliphatic carbocycles. The standard InChI is InChI=1S/C10H23NO/c1-5-6-9(2)7-11-8-10(3,4)12/h9,11-12H,5-8H2,1-4H3/t9-/m1/s1. The first kappa shape index (κ1) is 11.9. The monoisotopic (exact) mass is 173 g/mol. The van der Waals surface area contributed by atoms with Crippen LogP contribution in [0.15, 0.2) is 0 Å². The second-order valence-electron chi connectivity index (χ2n) is 4.34. The first-order valence-electron chi connectivity index (χ1n) is 4.89. The summed E-state index contributed by atoms with van der Waals surface area (Å²) < 4.78 is 0. The van der Waals surface area contributed by atoms with Gasteiger partial charge < -0.3 is 10.4 Å². The zero-order valence-corrected chi connectivity index (χ0v) is 8.85. The molecule has 0 aromatic rings. The molecule has 0 rings (SSSR count). The van der Waals surface area contributed by atoms with Crippen LogP contribution in [0.4, 0.5) is 0 Å². The van der Waals surface area contributed by atoms with Crippen LogP contribution in [0.25, 0.3) is 0 Å². The molecule has 12 heavy (non-hydrogen) atoms. The summed E-state index contributed by atoms with van der Waals surface area (Å²) in [5.74, 6) is 0.720. The van der Waals surface area contributed by atoms with Crippen molar-refractivity contribution in [1.29, 1.82) is 0 Å². The third kappa shape index (κ3) is 8.02. The third-order valence-corrected chi connectivity index (χ3v) is 1.83. The quantitative estimate of drug-likeness (QED) is 0.642. The predicted octanol–water partition coefficient (Wildman–Crippen LogP) is 1.78. The van der Waals surface area contributed by atoms with E-state index in [0.717, 1.165) is 12.5 Å². The molecule has 1 atom stereocenters. The largest absolute Gasteiger partial charge is 0.389 e. The second kappa shape index (κ2) is 5.55. The Bertz CT molecular complexity index is 107. The predicted molar refractivity (Wildman–Crippen MR) is 53.2 cm³/mol. The minimum Gasteiger partial charge on any atom is -0.389 e. The lowest BCUT2D eigenvalue weighted by molar-refractivity contribution is 0.0788. The molecule has 0 spiro atoms. The van der Waals surface area contributed by atoms with Gasteiger partial charge in [-0.05, 0) is 32.7 Å². The molecule has 0 saturated heterocycles. The second-order valence-corrected chi connectivity index (χ2v) is 4.34. The van der Waals surface area contributed by atoms with Crippen LogP contribution < -0.4 is 5.32 Å². The van der Waals surface area contributed by atoms with Gasteiger partial charge in [0.2, 0.25) is 0 Å². The van der Waals surface area contributed by atoms with E-state index < -0.39 is 5.60 Å². The van der Waals surface area contributed by atoms with E-state index in [0.29, 0.717) is 6.54 Å². The molecule has 2 nitrogen and oxygen atoms in total. The summed E-state index contributed by atoms with van der Waals surface area (Å²) in [6.45, 7) is 9.78. The summed E-state index contributed by atoms with van der Waals surface area (Å²) in [6.07, 6.45) is 2.50. The van der Waals surface area contributed by atoms with Crippen molar-refractivity contribution in [3.05, 3.63) is 0 Å². The Kier molecular flexibility index (Phi) is 5.51. The summed E-state index contributed by atoms with van der Waals surface area (Å²) >= 11 is 0. The lowest BCUT2D eigenvalue weighted by Gasteiger charge is -2.19. The van der Waals surface area contributed by atoms with Crippen molar-refractivity contribution in [2.75, 3.05) is 13.1 Å². The maximum atomic E-state index is 9.40. The normalized spacial score (nSPS) is 14.8. The highest BCUT2D eigenvalue weighted by atomic mass is 16.3. The molecule has 0 aromatic carbocycles. The topological polar surface area (TPSA) is 32.3 Å². The Morgan fingerprint density at radius 3 is 2.42 bits per heavy atom. The highest BCUT2D eigenvalue weighted by molar-refractivity contribution is 4.69. The van der Waals surface area contributed by atoms with E-state index in [1.165, 1.54) is 12.8 Å². The van der Waals surface area contributed by atoms with Crippen LogP contribution in [0.3, 0.4) is 0 Å². The van der Waals surface area contributed by atoms with Gasteiger partial charge in [0.25, 0.3) is 0 Å². The van der Waals surface area contributed by atoms with Gasteiger partial charge in [0, 0.05) is 6.54 Å². The zero-order valence-electron chi connectivity index (χ0n) is 8.85.